The lowest BCUT2D eigenvalue weighted by molar-refractivity contribution is -0.128. The summed E-state index contributed by atoms with van der Waals surface area (Å²) in [5.41, 5.74) is 5.56. The van der Waals surface area contributed by atoms with E-state index in [-0.39, 0.29) is 23.5 Å². The molecule has 1 aliphatic rings. The Morgan fingerprint density at radius 3 is 2.47 bits per heavy atom. The van der Waals surface area contributed by atoms with E-state index in [1.807, 2.05) is 13.8 Å². The highest BCUT2D eigenvalue weighted by atomic mass is 16.5. The third-order valence-electron chi connectivity index (χ3n) is 3.48. The van der Waals surface area contributed by atoms with Gasteiger partial charge in [0, 0.05) is 25.6 Å². The molecule has 3 N–H and O–H groups in total. The van der Waals surface area contributed by atoms with Crippen LogP contribution in [0.5, 0.6) is 0 Å². The Morgan fingerprint density at radius 1 is 1.53 bits per heavy atom. The fourth-order valence-corrected chi connectivity index (χ4v) is 1.67. The summed E-state index contributed by atoms with van der Waals surface area (Å²) in [4.78, 5) is 11.6. The zero-order chi connectivity index (χ0) is 11.5. The van der Waals surface area contributed by atoms with Crippen LogP contribution in [-0.2, 0) is 9.53 Å². The number of ether oxygens (including phenoxy) is 1. The molecule has 0 aliphatic heterocycles. The largest absolute Gasteiger partial charge is 0.376 e. The van der Waals surface area contributed by atoms with E-state index in [1.165, 1.54) is 6.42 Å². The van der Waals surface area contributed by atoms with Crippen LogP contribution in [0, 0.1) is 5.92 Å². The highest BCUT2D eigenvalue weighted by Crippen LogP contribution is 2.34. The first-order valence-corrected chi connectivity index (χ1v) is 5.59. The topological polar surface area (TPSA) is 64.3 Å². The molecule has 1 saturated carbocycles. The zero-order valence-corrected chi connectivity index (χ0v) is 9.88. The summed E-state index contributed by atoms with van der Waals surface area (Å²) < 4.78 is 5.42. The van der Waals surface area contributed by atoms with Crippen molar-refractivity contribution >= 4 is 5.91 Å². The van der Waals surface area contributed by atoms with Crippen LogP contribution in [0.15, 0.2) is 0 Å². The minimum atomic E-state index is -0.140. The van der Waals surface area contributed by atoms with Crippen molar-refractivity contribution in [1.82, 2.24) is 5.32 Å². The molecule has 1 fully saturated rings. The van der Waals surface area contributed by atoms with Crippen molar-refractivity contribution in [3.8, 4) is 0 Å². The average Bonchev–Trinajstić information content (AvgIpc) is 2.15. The van der Waals surface area contributed by atoms with E-state index >= 15 is 0 Å². The average molecular weight is 214 g/mol. The Balaban J connectivity index is 2.33. The van der Waals surface area contributed by atoms with Crippen LogP contribution in [0.4, 0.5) is 0 Å². The number of hydrogen-bond donors (Lipinski definition) is 2. The Hall–Kier alpha value is -0.610. The lowest BCUT2D eigenvalue weighted by Gasteiger charge is -2.40. The molecule has 0 heterocycles. The van der Waals surface area contributed by atoms with Gasteiger partial charge in [-0.05, 0) is 26.2 Å². The summed E-state index contributed by atoms with van der Waals surface area (Å²) in [6, 6.07) is -0.107. The SMILES string of the molecule is COC1(CNC(=O)C(C)C(C)N)CCC1. The molecule has 0 spiro atoms. The summed E-state index contributed by atoms with van der Waals surface area (Å²) in [5.74, 6) is -0.118. The van der Waals surface area contributed by atoms with Gasteiger partial charge >= 0.3 is 0 Å². The number of methoxy groups -OCH3 is 1. The van der Waals surface area contributed by atoms with Crippen LogP contribution in [0.3, 0.4) is 0 Å². The Kier molecular flexibility index (Phi) is 4.11. The molecule has 0 aromatic carbocycles. The zero-order valence-electron chi connectivity index (χ0n) is 9.88. The van der Waals surface area contributed by atoms with Gasteiger partial charge in [-0.1, -0.05) is 6.92 Å². The lowest BCUT2D eigenvalue weighted by atomic mass is 9.80. The molecule has 0 saturated heterocycles. The second-order valence-corrected chi connectivity index (χ2v) is 4.61. The number of rotatable bonds is 5. The van der Waals surface area contributed by atoms with E-state index < -0.39 is 0 Å². The molecule has 0 bridgehead atoms. The van der Waals surface area contributed by atoms with Gasteiger partial charge in [0.05, 0.1) is 5.60 Å². The van der Waals surface area contributed by atoms with Gasteiger partial charge in [-0.25, -0.2) is 0 Å². The molecule has 2 unspecified atom stereocenters. The van der Waals surface area contributed by atoms with Gasteiger partial charge in [-0.15, -0.1) is 0 Å². The Labute approximate surface area is 91.5 Å². The molecular formula is C11H22N2O2. The third kappa shape index (κ3) is 2.92. The third-order valence-corrected chi connectivity index (χ3v) is 3.48. The first kappa shape index (κ1) is 12.5. The molecule has 88 valence electrons. The first-order valence-electron chi connectivity index (χ1n) is 5.59. The summed E-state index contributed by atoms with van der Waals surface area (Å²) >= 11 is 0. The fraction of sp³-hybridized carbons (Fsp3) is 0.909. The molecule has 0 radical (unpaired) electrons. The second-order valence-electron chi connectivity index (χ2n) is 4.61. The number of carbonyl (C=O) groups is 1. The molecule has 4 nitrogen and oxygen atoms in total. The van der Waals surface area contributed by atoms with Gasteiger partial charge in [-0.2, -0.15) is 0 Å². The number of amides is 1. The smallest absolute Gasteiger partial charge is 0.224 e. The van der Waals surface area contributed by atoms with Crippen LogP contribution in [0.1, 0.15) is 33.1 Å². The maximum absolute atomic E-state index is 11.6. The van der Waals surface area contributed by atoms with Crippen LogP contribution >= 0.6 is 0 Å². The van der Waals surface area contributed by atoms with Crippen LogP contribution in [0.2, 0.25) is 0 Å². The van der Waals surface area contributed by atoms with Crippen molar-refractivity contribution in [3.05, 3.63) is 0 Å². The molecule has 4 heteroatoms. The van der Waals surface area contributed by atoms with Crippen molar-refractivity contribution in [2.24, 2.45) is 11.7 Å². The summed E-state index contributed by atoms with van der Waals surface area (Å²) in [7, 11) is 1.71. The maximum Gasteiger partial charge on any atom is 0.224 e. The highest BCUT2D eigenvalue weighted by molar-refractivity contribution is 5.79. The molecule has 15 heavy (non-hydrogen) atoms. The summed E-state index contributed by atoms with van der Waals surface area (Å²) in [6.45, 7) is 4.30. The number of nitrogens with one attached hydrogen (secondary N) is 1. The van der Waals surface area contributed by atoms with Crippen molar-refractivity contribution in [1.29, 1.82) is 0 Å². The summed E-state index contributed by atoms with van der Waals surface area (Å²) in [6.07, 6.45) is 3.26. The molecule has 0 aromatic rings. The van der Waals surface area contributed by atoms with E-state index in [9.17, 15) is 4.79 Å². The van der Waals surface area contributed by atoms with Gasteiger partial charge in [-0.3, -0.25) is 4.79 Å². The summed E-state index contributed by atoms with van der Waals surface area (Å²) in [5, 5.41) is 2.91. The molecule has 1 rings (SSSR count). The standard InChI is InChI=1S/C11H22N2O2/c1-8(9(2)12)10(14)13-7-11(15-3)5-4-6-11/h8-9H,4-7,12H2,1-3H3,(H,13,14). The number of carbonyl (C=O) groups excluding carboxylic acids is 1. The predicted octanol–water partition coefficient (Wildman–Crippen LogP) is 0.655. The van der Waals surface area contributed by atoms with E-state index in [0.29, 0.717) is 6.54 Å². The number of hydrogen-bond acceptors (Lipinski definition) is 3. The van der Waals surface area contributed by atoms with Gasteiger partial charge in [0.15, 0.2) is 0 Å². The minimum absolute atomic E-state index is 0.0216. The van der Waals surface area contributed by atoms with Crippen molar-refractivity contribution < 1.29 is 9.53 Å². The van der Waals surface area contributed by atoms with Gasteiger partial charge in [0.1, 0.15) is 0 Å². The minimum Gasteiger partial charge on any atom is -0.376 e. The van der Waals surface area contributed by atoms with Gasteiger partial charge < -0.3 is 15.8 Å². The Bertz CT molecular complexity index is 219. The maximum atomic E-state index is 11.6. The molecule has 0 aromatic heterocycles. The first-order chi connectivity index (χ1) is 7.01. The number of nitrogens with two attached hydrogens (primary N) is 1. The van der Waals surface area contributed by atoms with Gasteiger partial charge in [0.25, 0.3) is 0 Å². The van der Waals surface area contributed by atoms with Crippen LogP contribution < -0.4 is 11.1 Å². The lowest BCUT2D eigenvalue weighted by Crippen LogP contribution is -2.51. The highest BCUT2D eigenvalue weighted by Gasteiger charge is 2.37. The quantitative estimate of drug-likeness (QED) is 0.706. The molecular weight excluding hydrogens is 192 g/mol. The van der Waals surface area contributed by atoms with Gasteiger partial charge in [0.2, 0.25) is 5.91 Å². The predicted molar refractivity (Wildman–Crippen MR) is 59.4 cm³/mol. The van der Waals surface area contributed by atoms with Crippen molar-refractivity contribution in [2.45, 2.75) is 44.8 Å². The molecule has 2 atom stereocenters. The van der Waals surface area contributed by atoms with Crippen molar-refractivity contribution in [3.63, 3.8) is 0 Å². The van der Waals surface area contributed by atoms with Crippen LogP contribution in [-0.4, -0.2) is 31.2 Å². The second kappa shape index (κ2) is 4.94. The normalized spacial score (nSPS) is 22.7. The van der Waals surface area contributed by atoms with Crippen molar-refractivity contribution in [2.75, 3.05) is 13.7 Å². The Morgan fingerprint density at radius 2 is 2.13 bits per heavy atom. The fourth-order valence-electron chi connectivity index (χ4n) is 1.67. The van der Waals surface area contributed by atoms with Crippen LogP contribution in [0.25, 0.3) is 0 Å². The monoisotopic (exact) mass is 214 g/mol. The van der Waals surface area contributed by atoms with E-state index in [0.717, 1.165) is 12.8 Å². The molecule has 1 aliphatic carbocycles. The van der Waals surface area contributed by atoms with E-state index in [4.69, 9.17) is 10.5 Å². The van der Waals surface area contributed by atoms with E-state index in [1.54, 1.807) is 7.11 Å². The molecule has 1 amide bonds. The van der Waals surface area contributed by atoms with E-state index in [2.05, 4.69) is 5.32 Å².